The Hall–Kier alpha value is -1.51. The molecule has 0 aliphatic carbocycles. The van der Waals surface area contributed by atoms with Crippen molar-refractivity contribution in [2.45, 2.75) is 33.2 Å². The van der Waals surface area contributed by atoms with Crippen LogP contribution in [0, 0.1) is 5.92 Å². The van der Waals surface area contributed by atoms with Gasteiger partial charge in [-0.1, -0.05) is 26.0 Å². The number of H-pyrrole nitrogens is 1. The average molecular weight is 218 g/mol. The van der Waals surface area contributed by atoms with Crippen LogP contribution in [0.15, 0.2) is 29.1 Å². The minimum Gasteiger partial charge on any atom is -0.306 e. The zero-order valence-electron chi connectivity index (χ0n) is 9.86. The summed E-state index contributed by atoms with van der Waals surface area (Å²) in [5.74, 6) is 0.695. The SMILES string of the molecule is CC(C)CCCn1c(=O)[nH]c2ccccc21. The first-order chi connectivity index (χ1) is 7.68. The van der Waals surface area contributed by atoms with Crippen LogP contribution < -0.4 is 5.69 Å². The fraction of sp³-hybridized carbons (Fsp3) is 0.462. The number of hydrogen-bond donors (Lipinski definition) is 1. The lowest BCUT2D eigenvalue weighted by atomic mass is 10.1. The van der Waals surface area contributed by atoms with E-state index in [1.54, 1.807) is 0 Å². The van der Waals surface area contributed by atoms with E-state index >= 15 is 0 Å². The number of aromatic amines is 1. The maximum Gasteiger partial charge on any atom is 0.326 e. The molecule has 0 spiro atoms. The third-order valence-corrected chi connectivity index (χ3v) is 2.84. The Balaban J connectivity index is 2.23. The first-order valence-corrected chi connectivity index (χ1v) is 5.86. The zero-order valence-corrected chi connectivity index (χ0v) is 9.86. The second kappa shape index (κ2) is 4.56. The molecule has 0 unspecified atom stereocenters. The summed E-state index contributed by atoms with van der Waals surface area (Å²) in [5, 5.41) is 0. The largest absolute Gasteiger partial charge is 0.326 e. The van der Waals surface area contributed by atoms with Gasteiger partial charge in [-0.3, -0.25) is 4.57 Å². The van der Waals surface area contributed by atoms with E-state index in [1.807, 2.05) is 28.8 Å². The van der Waals surface area contributed by atoms with Crippen molar-refractivity contribution in [3.8, 4) is 0 Å². The van der Waals surface area contributed by atoms with Crippen molar-refractivity contribution < 1.29 is 0 Å². The molecule has 1 aromatic heterocycles. The summed E-state index contributed by atoms with van der Waals surface area (Å²) >= 11 is 0. The number of nitrogens with zero attached hydrogens (tertiary/aromatic N) is 1. The number of para-hydroxylation sites is 2. The molecular weight excluding hydrogens is 200 g/mol. The Kier molecular flexibility index (Phi) is 3.13. The summed E-state index contributed by atoms with van der Waals surface area (Å²) in [6.07, 6.45) is 2.21. The highest BCUT2D eigenvalue weighted by Gasteiger charge is 2.05. The molecule has 3 nitrogen and oxygen atoms in total. The number of aromatic nitrogens is 2. The fourth-order valence-electron chi connectivity index (χ4n) is 1.99. The van der Waals surface area contributed by atoms with Gasteiger partial charge in [0.25, 0.3) is 0 Å². The first-order valence-electron chi connectivity index (χ1n) is 5.86. The first kappa shape index (κ1) is 11.0. The topological polar surface area (TPSA) is 37.8 Å². The van der Waals surface area contributed by atoms with Crippen molar-refractivity contribution in [1.29, 1.82) is 0 Å². The fourth-order valence-corrected chi connectivity index (χ4v) is 1.99. The van der Waals surface area contributed by atoms with Gasteiger partial charge in [-0.05, 0) is 30.9 Å². The summed E-state index contributed by atoms with van der Waals surface area (Å²) in [4.78, 5) is 14.6. The van der Waals surface area contributed by atoms with Crippen LogP contribution in [0.25, 0.3) is 11.0 Å². The van der Waals surface area contributed by atoms with E-state index in [9.17, 15) is 4.79 Å². The summed E-state index contributed by atoms with van der Waals surface area (Å²) in [6.45, 7) is 5.22. The van der Waals surface area contributed by atoms with Gasteiger partial charge in [0.05, 0.1) is 11.0 Å². The number of aryl methyl sites for hydroxylation is 1. The molecule has 0 amide bonds. The van der Waals surface area contributed by atoms with Crippen molar-refractivity contribution >= 4 is 11.0 Å². The molecule has 1 N–H and O–H groups in total. The molecule has 0 atom stereocenters. The van der Waals surface area contributed by atoms with E-state index < -0.39 is 0 Å². The Morgan fingerprint density at radius 2 is 2.06 bits per heavy atom. The molecule has 0 fully saturated rings. The molecule has 86 valence electrons. The molecule has 2 aromatic rings. The Morgan fingerprint density at radius 3 is 2.81 bits per heavy atom. The highest BCUT2D eigenvalue weighted by molar-refractivity contribution is 5.74. The predicted octanol–water partition coefficient (Wildman–Crippen LogP) is 2.77. The number of rotatable bonds is 4. The Bertz CT molecular complexity index is 522. The van der Waals surface area contributed by atoms with E-state index in [4.69, 9.17) is 0 Å². The van der Waals surface area contributed by atoms with Crippen LogP contribution in [0.3, 0.4) is 0 Å². The lowest BCUT2D eigenvalue weighted by Gasteiger charge is -2.05. The quantitative estimate of drug-likeness (QED) is 0.841. The van der Waals surface area contributed by atoms with E-state index in [0.717, 1.165) is 30.4 Å². The van der Waals surface area contributed by atoms with Crippen LogP contribution in [-0.4, -0.2) is 9.55 Å². The highest BCUT2D eigenvalue weighted by Crippen LogP contribution is 2.11. The van der Waals surface area contributed by atoms with Crippen molar-refractivity contribution in [2.24, 2.45) is 5.92 Å². The van der Waals surface area contributed by atoms with Gasteiger partial charge in [0.2, 0.25) is 0 Å². The van der Waals surface area contributed by atoms with Gasteiger partial charge in [0.1, 0.15) is 0 Å². The third-order valence-electron chi connectivity index (χ3n) is 2.84. The van der Waals surface area contributed by atoms with Crippen LogP contribution in [0.5, 0.6) is 0 Å². The minimum absolute atomic E-state index is 0.00459. The van der Waals surface area contributed by atoms with Crippen molar-refractivity contribution in [2.75, 3.05) is 0 Å². The molecule has 0 radical (unpaired) electrons. The maximum atomic E-state index is 11.7. The number of benzene rings is 1. The molecule has 1 heterocycles. The molecule has 16 heavy (non-hydrogen) atoms. The molecule has 2 rings (SSSR count). The summed E-state index contributed by atoms with van der Waals surface area (Å²) in [7, 11) is 0. The number of fused-ring (bicyclic) bond motifs is 1. The summed E-state index contributed by atoms with van der Waals surface area (Å²) < 4.78 is 1.83. The van der Waals surface area contributed by atoms with Crippen LogP contribution in [0.4, 0.5) is 0 Å². The second-order valence-corrected chi connectivity index (χ2v) is 4.64. The van der Waals surface area contributed by atoms with Gasteiger partial charge in [-0.15, -0.1) is 0 Å². The maximum absolute atomic E-state index is 11.7. The van der Waals surface area contributed by atoms with Gasteiger partial charge in [-0.25, -0.2) is 4.79 Å². The normalized spacial score (nSPS) is 11.4. The molecule has 0 aliphatic rings. The van der Waals surface area contributed by atoms with E-state index in [0.29, 0.717) is 5.92 Å². The van der Waals surface area contributed by atoms with Crippen molar-refractivity contribution in [1.82, 2.24) is 9.55 Å². The van der Waals surface area contributed by atoms with E-state index in [-0.39, 0.29) is 5.69 Å². The van der Waals surface area contributed by atoms with Gasteiger partial charge in [0, 0.05) is 6.54 Å². The lowest BCUT2D eigenvalue weighted by molar-refractivity contribution is 0.512. The average Bonchev–Trinajstić information content (AvgIpc) is 2.55. The van der Waals surface area contributed by atoms with Crippen molar-refractivity contribution in [3.63, 3.8) is 0 Å². The minimum atomic E-state index is 0.00459. The van der Waals surface area contributed by atoms with Crippen LogP contribution >= 0.6 is 0 Å². The lowest BCUT2D eigenvalue weighted by Crippen LogP contribution is -2.16. The van der Waals surface area contributed by atoms with E-state index in [2.05, 4.69) is 18.8 Å². The van der Waals surface area contributed by atoms with Gasteiger partial charge >= 0.3 is 5.69 Å². The monoisotopic (exact) mass is 218 g/mol. The van der Waals surface area contributed by atoms with Crippen LogP contribution in [0.2, 0.25) is 0 Å². The Labute approximate surface area is 95.1 Å². The van der Waals surface area contributed by atoms with Crippen molar-refractivity contribution in [3.05, 3.63) is 34.7 Å². The molecule has 3 heteroatoms. The van der Waals surface area contributed by atoms with E-state index in [1.165, 1.54) is 0 Å². The molecular formula is C13H18N2O. The highest BCUT2D eigenvalue weighted by atomic mass is 16.1. The Morgan fingerprint density at radius 1 is 1.31 bits per heavy atom. The molecule has 0 saturated carbocycles. The van der Waals surface area contributed by atoms with Gasteiger partial charge in [0.15, 0.2) is 0 Å². The molecule has 0 aliphatic heterocycles. The predicted molar refractivity (Wildman–Crippen MR) is 66.6 cm³/mol. The molecule has 1 aromatic carbocycles. The summed E-state index contributed by atoms with van der Waals surface area (Å²) in [5.41, 5.74) is 1.94. The molecule has 0 bridgehead atoms. The second-order valence-electron chi connectivity index (χ2n) is 4.64. The van der Waals surface area contributed by atoms with Gasteiger partial charge < -0.3 is 4.98 Å². The van der Waals surface area contributed by atoms with Crippen LogP contribution in [0.1, 0.15) is 26.7 Å². The number of imidazole rings is 1. The third kappa shape index (κ3) is 2.18. The molecule has 0 saturated heterocycles. The summed E-state index contributed by atoms with van der Waals surface area (Å²) in [6, 6.07) is 7.84. The zero-order chi connectivity index (χ0) is 11.5. The standard InChI is InChI=1S/C13H18N2O/c1-10(2)6-5-9-15-12-8-4-3-7-11(12)14-13(15)16/h3-4,7-8,10H,5-6,9H2,1-2H3,(H,14,16). The van der Waals surface area contributed by atoms with Crippen LogP contribution in [-0.2, 0) is 6.54 Å². The number of nitrogens with one attached hydrogen (secondary N) is 1. The van der Waals surface area contributed by atoms with Gasteiger partial charge in [-0.2, -0.15) is 0 Å². The smallest absolute Gasteiger partial charge is 0.306 e. The number of hydrogen-bond acceptors (Lipinski definition) is 1.